The predicted octanol–water partition coefficient (Wildman–Crippen LogP) is 12.9. The Morgan fingerprint density at radius 2 is 1.34 bits per heavy atom. The lowest BCUT2D eigenvalue weighted by Crippen LogP contribution is -2.11. The number of fused-ring (bicyclic) bond motifs is 2. The van der Waals surface area contributed by atoms with Crippen LogP contribution in [-0.4, -0.2) is 38.8 Å². The molecule has 0 atom stereocenters. The molecule has 7 aromatic rings. The number of aliphatic imine (C=N–C) groups is 3. The number of anilines is 2. The first-order chi connectivity index (χ1) is 32.3. The van der Waals surface area contributed by atoms with Gasteiger partial charge in [-0.15, -0.1) is 11.3 Å². The van der Waals surface area contributed by atoms with Gasteiger partial charge in [-0.25, -0.2) is 18.5 Å². The minimum Gasteiger partial charge on any atom is -0.361 e. The van der Waals surface area contributed by atoms with E-state index in [4.69, 9.17) is 5.14 Å². The zero-order chi connectivity index (χ0) is 47.3. The number of rotatable bonds is 10. The summed E-state index contributed by atoms with van der Waals surface area (Å²) in [5.41, 5.74) is 10.7. The average molecular weight is 921 g/mol. The number of primary sulfonamides is 1. The molecule has 0 radical (unpaired) electrons. The number of hydrogen-bond acceptors (Lipinski definition) is 9. The molecule has 0 spiro atoms. The van der Waals surface area contributed by atoms with E-state index in [0.29, 0.717) is 22.4 Å². The molecule has 9 rings (SSSR count). The van der Waals surface area contributed by atoms with Crippen LogP contribution in [0.2, 0.25) is 0 Å². The molecule has 334 valence electrons. The molecule has 1 aromatic heterocycles. The second-order valence-corrected chi connectivity index (χ2v) is 18.4. The van der Waals surface area contributed by atoms with Crippen molar-refractivity contribution in [3.63, 3.8) is 0 Å². The third kappa shape index (κ3) is 13.1. The average Bonchev–Trinajstić information content (AvgIpc) is 4.02. The van der Waals surface area contributed by atoms with Crippen molar-refractivity contribution < 1.29 is 18.0 Å². The van der Waals surface area contributed by atoms with E-state index in [9.17, 15) is 18.0 Å². The number of carbonyl (C=O) groups excluding carboxylic acids is 2. The molecule has 67 heavy (non-hydrogen) atoms. The number of carbonyl (C=O) groups is 2. The topological polar surface area (TPSA) is 155 Å². The van der Waals surface area contributed by atoms with Gasteiger partial charge in [0.15, 0.2) is 5.78 Å². The first kappa shape index (κ1) is 47.1. The van der Waals surface area contributed by atoms with Gasteiger partial charge in [0.1, 0.15) is 5.00 Å². The highest BCUT2D eigenvalue weighted by molar-refractivity contribution is 7.89. The standard InChI is InChI=1S/C19H16N2O.C19H18N2S.C17H14N2O3S/c1-14(22)21-18-11-9-17(10-12-18)20-13-16-7-4-6-15-5-2-3-8-19(15)16;1-14-3-5-17(11-14)13-20-18-8-6-16(7-9-18)12-21-19-10-4-15(2)22-19;1-11-14-4-2-3-5-15(14)17(20)16(11)10-19-12-6-8-13(9-7-12)23(18,21)22/h2-13H,1H3,(H,21,22);3-10,12-13H,11H2,1-2H3;2-10,19H,1H2,(H2,18,21,22). The number of sulfonamides is 1. The summed E-state index contributed by atoms with van der Waals surface area (Å²) in [6.45, 7) is 9.68. The van der Waals surface area contributed by atoms with E-state index in [0.717, 1.165) is 45.2 Å². The molecule has 0 saturated heterocycles. The van der Waals surface area contributed by atoms with Crippen LogP contribution in [0.4, 0.5) is 27.8 Å². The van der Waals surface area contributed by atoms with E-state index in [1.54, 1.807) is 35.7 Å². The molecule has 0 unspecified atom stereocenters. The van der Waals surface area contributed by atoms with Crippen molar-refractivity contribution in [2.24, 2.45) is 20.1 Å². The Hall–Kier alpha value is -7.90. The van der Waals surface area contributed by atoms with Crippen LogP contribution >= 0.6 is 11.3 Å². The summed E-state index contributed by atoms with van der Waals surface area (Å²) in [5, 5.41) is 14.2. The molecule has 1 amide bonds. The summed E-state index contributed by atoms with van der Waals surface area (Å²) in [7, 11) is -3.72. The molecule has 12 heteroatoms. The highest BCUT2D eigenvalue weighted by Gasteiger charge is 2.27. The third-order valence-corrected chi connectivity index (χ3v) is 12.2. The van der Waals surface area contributed by atoms with E-state index in [1.807, 2.05) is 110 Å². The van der Waals surface area contributed by atoms with E-state index in [-0.39, 0.29) is 16.6 Å². The Morgan fingerprint density at radius 1 is 0.701 bits per heavy atom. The number of nitrogens with one attached hydrogen (secondary N) is 2. The number of nitrogens with zero attached hydrogens (tertiary/aromatic N) is 3. The van der Waals surface area contributed by atoms with Crippen LogP contribution in [0.25, 0.3) is 16.3 Å². The van der Waals surface area contributed by atoms with Gasteiger partial charge in [-0.05, 0) is 126 Å². The van der Waals surface area contributed by atoms with Gasteiger partial charge in [0.2, 0.25) is 15.9 Å². The second kappa shape index (κ2) is 21.9. The molecular formula is C55H48N6O4S2. The number of allylic oxidation sites excluding steroid dienone is 6. The smallest absolute Gasteiger partial charge is 0.238 e. The molecule has 2 aliphatic carbocycles. The maximum absolute atomic E-state index is 12.3. The van der Waals surface area contributed by atoms with Crippen LogP contribution in [0, 0.1) is 6.92 Å². The molecule has 0 fully saturated rings. The summed E-state index contributed by atoms with van der Waals surface area (Å²) in [4.78, 5) is 38.2. The summed E-state index contributed by atoms with van der Waals surface area (Å²) in [6.07, 6.45) is 12.6. The van der Waals surface area contributed by atoms with Crippen molar-refractivity contribution in [2.45, 2.75) is 32.1 Å². The van der Waals surface area contributed by atoms with Crippen LogP contribution in [0.5, 0.6) is 0 Å². The molecule has 2 aliphatic rings. The molecule has 4 N–H and O–H groups in total. The Kier molecular flexibility index (Phi) is 15.4. The number of benzene rings is 6. The van der Waals surface area contributed by atoms with Gasteiger partial charge in [-0.3, -0.25) is 19.6 Å². The lowest BCUT2D eigenvalue weighted by atomic mass is 10.1. The van der Waals surface area contributed by atoms with Gasteiger partial charge in [0.25, 0.3) is 0 Å². The van der Waals surface area contributed by atoms with E-state index < -0.39 is 10.0 Å². The fraction of sp³-hybridized carbons (Fsp3) is 0.0727. The number of thiophene rings is 1. The zero-order valence-corrected chi connectivity index (χ0v) is 38.8. The summed E-state index contributed by atoms with van der Waals surface area (Å²) in [6, 6.07) is 47.4. The van der Waals surface area contributed by atoms with Crippen molar-refractivity contribution in [3.8, 4) is 0 Å². The fourth-order valence-corrected chi connectivity index (χ4v) is 8.20. The number of hydrogen-bond donors (Lipinski definition) is 3. The molecule has 0 bridgehead atoms. The van der Waals surface area contributed by atoms with Crippen LogP contribution in [0.1, 0.15) is 52.2 Å². The van der Waals surface area contributed by atoms with Crippen LogP contribution in [-0.2, 0) is 14.8 Å². The van der Waals surface area contributed by atoms with Crippen molar-refractivity contribution in [3.05, 3.63) is 220 Å². The summed E-state index contributed by atoms with van der Waals surface area (Å²) in [5.74, 6) is -0.161. The Morgan fingerprint density at radius 3 is 1.99 bits per heavy atom. The van der Waals surface area contributed by atoms with E-state index in [1.165, 1.54) is 45.9 Å². The van der Waals surface area contributed by atoms with Gasteiger partial charge < -0.3 is 10.6 Å². The van der Waals surface area contributed by atoms with Crippen molar-refractivity contribution in [2.75, 3.05) is 10.6 Å². The van der Waals surface area contributed by atoms with Gasteiger partial charge >= 0.3 is 0 Å². The maximum atomic E-state index is 12.3. The van der Waals surface area contributed by atoms with Gasteiger partial charge in [0.05, 0.1) is 16.3 Å². The lowest BCUT2D eigenvalue weighted by molar-refractivity contribution is -0.114. The first-order valence-electron chi connectivity index (χ1n) is 21.2. The minimum atomic E-state index is -3.72. The molecular weight excluding hydrogens is 873 g/mol. The molecule has 0 saturated carbocycles. The molecule has 1 heterocycles. The number of ketones is 1. The first-order valence-corrected chi connectivity index (χ1v) is 23.6. The van der Waals surface area contributed by atoms with Crippen LogP contribution < -0.4 is 15.8 Å². The second-order valence-electron chi connectivity index (χ2n) is 15.6. The summed E-state index contributed by atoms with van der Waals surface area (Å²) >= 11 is 1.70. The Labute approximate surface area is 395 Å². The van der Waals surface area contributed by atoms with Gasteiger partial charge in [0, 0.05) is 64.7 Å². The quantitative estimate of drug-likeness (QED) is 0.0920. The predicted molar refractivity (Wildman–Crippen MR) is 279 cm³/mol. The zero-order valence-electron chi connectivity index (χ0n) is 37.2. The highest BCUT2D eigenvalue weighted by atomic mass is 32.2. The van der Waals surface area contributed by atoms with Gasteiger partial charge in [-0.1, -0.05) is 103 Å². The number of Topliss-reactive ketones (excluding diaryl/α,β-unsaturated/α-hetero) is 1. The molecule has 6 aromatic carbocycles. The van der Waals surface area contributed by atoms with Crippen molar-refractivity contribution in [1.82, 2.24) is 0 Å². The monoisotopic (exact) mass is 920 g/mol. The largest absolute Gasteiger partial charge is 0.361 e. The summed E-state index contributed by atoms with van der Waals surface area (Å²) < 4.78 is 22.4. The van der Waals surface area contributed by atoms with Crippen molar-refractivity contribution in [1.29, 1.82) is 0 Å². The fourth-order valence-electron chi connectivity index (χ4n) is 6.97. The van der Waals surface area contributed by atoms with E-state index in [2.05, 4.69) is 88.5 Å². The van der Waals surface area contributed by atoms with Crippen LogP contribution in [0.3, 0.4) is 0 Å². The van der Waals surface area contributed by atoms with Crippen LogP contribution in [0.15, 0.2) is 213 Å². The van der Waals surface area contributed by atoms with Crippen molar-refractivity contribution >= 4 is 95.8 Å². The third-order valence-electron chi connectivity index (χ3n) is 10.4. The number of aryl methyl sites for hydroxylation is 1. The minimum absolute atomic E-state index is 0.0319. The lowest BCUT2D eigenvalue weighted by Gasteiger charge is -2.04. The normalized spacial score (nSPS) is 13.9. The molecule has 0 aliphatic heterocycles. The van der Waals surface area contributed by atoms with Gasteiger partial charge in [-0.2, -0.15) is 0 Å². The Balaban J connectivity index is 0.000000149. The molecule has 10 nitrogen and oxygen atoms in total. The Bertz CT molecular complexity index is 3210. The number of nitrogens with two attached hydrogens (primary N) is 1. The highest BCUT2D eigenvalue weighted by Crippen LogP contribution is 2.35. The van der Waals surface area contributed by atoms with E-state index >= 15 is 0 Å². The SMILES string of the molecule is C=C1C(=CNc2ccc(S(N)(=O)=O)cc2)C(=O)c2ccccc21.CC(=O)Nc1ccc(N=Cc2cccc3ccccc23)cc1.CC1=CC=C(C=Nc2ccc(C=Nc3ccc(C)s3)cc2)C1. The number of amides is 1. The maximum Gasteiger partial charge on any atom is 0.238 e.